The van der Waals surface area contributed by atoms with Crippen molar-refractivity contribution in [1.82, 2.24) is 0 Å². The lowest BCUT2D eigenvalue weighted by Gasteiger charge is -2.10. The van der Waals surface area contributed by atoms with Crippen LogP contribution >= 0.6 is 23.2 Å². The standard InChI is InChI=1S/C16H15Cl2F/c17-14(12-6-2-1-3-7-12)9-4-8-13-15(18)10-5-11-16(13)19/h1-3,5-7,10-11,14H,4,8-9H2. The van der Waals surface area contributed by atoms with E-state index in [0.29, 0.717) is 17.0 Å². The smallest absolute Gasteiger partial charge is 0.127 e. The number of hydrogen-bond donors (Lipinski definition) is 0. The molecule has 0 aliphatic rings. The van der Waals surface area contributed by atoms with E-state index in [1.807, 2.05) is 30.3 Å². The molecule has 0 aliphatic heterocycles. The van der Waals surface area contributed by atoms with Crippen LogP contribution in [-0.4, -0.2) is 0 Å². The fraction of sp³-hybridized carbons (Fsp3) is 0.250. The van der Waals surface area contributed by atoms with Crippen LogP contribution in [0.25, 0.3) is 0 Å². The molecule has 0 amide bonds. The Hall–Kier alpha value is -1.05. The van der Waals surface area contributed by atoms with Gasteiger partial charge in [0.15, 0.2) is 0 Å². The molecule has 0 saturated heterocycles. The van der Waals surface area contributed by atoms with Gasteiger partial charge in [0.25, 0.3) is 0 Å². The lowest BCUT2D eigenvalue weighted by Crippen LogP contribution is -1.95. The van der Waals surface area contributed by atoms with E-state index in [2.05, 4.69) is 0 Å². The SMILES string of the molecule is Fc1cccc(Cl)c1CCCC(Cl)c1ccccc1. The molecular formula is C16H15Cl2F. The molecule has 0 N–H and O–H groups in total. The molecule has 19 heavy (non-hydrogen) atoms. The molecule has 3 heteroatoms. The molecular weight excluding hydrogens is 282 g/mol. The molecule has 2 aromatic rings. The van der Waals surface area contributed by atoms with Crippen molar-refractivity contribution >= 4 is 23.2 Å². The van der Waals surface area contributed by atoms with Crippen molar-refractivity contribution in [1.29, 1.82) is 0 Å². The highest BCUT2D eigenvalue weighted by atomic mass is 35.5. The fourth-order valence-electron chi connectivity index (χ4n) is 2.06. The maximum Gasteiger partial charge on any atom is 0.127 e. The van der Waals surface area contributed by atoms with Crippen molar-refractivity contribution in [3.05, 3.63) is 70.5 Å². The summed E-state index contributed by atoms with van der Waals surface area (Å²) >= 11 is 12.3. The van der Waals surface area contributed by atoms with Crippen molar-refractivity contribution in [3.63, 3.8) is 0 Å². The third-order valence-electron chi connectivity index (χ3n) is 3.11. The highest BCUT2D eigenvalue weighted by molar-refractivity contribution is 6.31. The normalized spacial score (nSPS) is 12.4. The van der Waals surface area contributed by atoms with Crippen molar-refractivity contribution in [2.24, 2.45) is 0 Å². The first-order chi connectivity index (χ1) is 9.18. The highest BCUT2D eigenvalue weighted by Crippen LogP contribution is 2.27. The Balaban J connectivity index is 1.90. The summed E-state index contributed by atoms with van der Waals surface area (Å²) in [4.78, 5) is 0. The minimum Gasteiger partial charge on any atom is -0.207 e. The van der Waals surface area contributed by atoms with Gasteiger partial charge < -0.3 is 0 Å². The fourth-order valence-corrected chi connectivity index (χ4v) is 2.62. The summed E-state index contributed by atoms with van der Waals surface area (Å²) in [5.74, 6) is -0.238. The van der Waals surface area contributed by atoms with E-state index in [9.17, 15) is 4.39 Å². The van der Waals surface area contributed by atoms with Gasteiger partial charge in [-0.15, -0.1) is 11.6 Å². The van der Waals surface area contributed by atoms with E-state index in [0.717, 1.165) is 18.4 Å². The van der Waals surface area contributed by atoms with Crippen molar-refractivity contribution < 1.29 is 4.39 Å². The maximum atomic E-state index is 13.6. The first-order valence-electron chi connectivity index (χ1n) is 6.30. The Bertz CT molecular complexity index is 505. The Kier molecular flexibility index (Phi) is 5.24. The van der Waals surface area contributed by atoms with Crippen LogP contribution in [0.15, 0.2) is 48.5 Å². The van der Waals surface area contributed by atoms with Gasteiger partial charge in [-0.2, -0.15) is 0 Å². The molecule has 0 heterocycles. The lowest BCUT2D eigenvalue weighted by atomic mass is 10.0. The third-order valence-corrected chi connectivity index (χ3v) is 3.93. The summed E-state index contributed by atoms with van der Waals surface area (Å²) < 4.78 is 13.6. The van der Waals surface area contributed by atoms with Crippen LogP contribution in [0.1, 0.15) is 29.3 Å². The topological polar surface area (TPSA) is 0 Å². The number of benzene rings is 2. The van der Waals surface area contributed by atoms with Crippen LogP contribution in [0, 0.1) is 5.82 Å². The maximum absolute atomic E-state index is 13.6. The lowest BCUT2D eigenvalue weighted by molar-refractivity contribution is 0.599. The predicted octanol–water partition coefficient (Wildman–Crippen LogP) is 5.78. The second kappa shape index (κ2) is 6.93. The summed E-state index contributed by atoms with van der Waals surface area (Å²) in [5, 5.41) is 0.456. The molecule has 1 atom stereocenters. The average Bonchev–Trinajstić information content (AvgIpc) is 2.43. The number of halogens is 3. The first-order valence-corrected chi connectivity index (χ1v) is 7.12. The molecule has 2 aromatic carbocycles. The Morgan fingerprint density at radius 3 is 2.42 bits per heavy atom. The monoisotopic (exact) mass is 296 g/mol. The molecule has 1 unspecified atom stereocenters. The van der Waals surface area contributed by atoms with E-state index in [-0.39, 0.29) is 11.2 Å². The van der Waals surface area contributed by atoms with E-state index in [1.165, 1.54) is 6.07 Å². The molecule has 0 saturated carbocycles. The molecule has 0 aromatic heterocycles. The number of hydrogen-bond acceptors (Lipinski definition) is 0. The van der Waals surface area contributed by atoms with Gasteiger partial charge in [0, 0.05) is 10.6 Å². The first kappa shape index (κ1) is 14.4. The van der Waals surface area contributed by atoms with E-state index in [1.54, 1.807) is 12.1 Å². The van der Waals surface area contributed by atoms with Gasteiger partial charge in [-0.25, -0.2) is 4.39 Å². The van der Waals surface area contributed by atoms with Gasteiger partial charge in [-0.1, -0.05) is 48.0 Å². The minimum absolute atomic E-state index is 0.0354. The van der Waals surface area contributed by atoms with Gasteiger partial charge in [0.1, 0.15) is 5.82 Å². The summed E-state index contributed by atoms with van der Waals surface area (Å²) in [6, 6.07) is 14.7. The van der Waals surface area contributed by atoms with E-state index < -0.39 is 0 Å². The van der Waals surface area contributed by atoms with Gasteiger partial charge in [-0.05, 0) is 37.0 Å². The number of alkyl halides is 1. The van der Waals surface area contributed by atoms with Gasteiger partial charge in [0.2, 0.25) is 0 Å². The summed E-state index contributed by atoms with van der Waals surface area (Å²) in [7, 11) is 0. The molecule has 100 valence electrons. The van der Waals surface area contributed by atoms with Gasteiger partial charge in [-0.3, -0.25) is 0 Å². The van der Waals surface area contributed by atoms with Crippen LogP contribution in [0.2, 0.25) is 5.02 Å². The summed E-state index contributed by atoms with van der Waals surface area (Å²) in [6.45, 7) is 0. The molecule has 0 fully saturated rings. The second-order valence-corrected chi connectivity index (χ2v) is 5.40. The molecule has 2 rings (SSSR count). The van der Waals surface area contributed by atoms with Crippen LogP contribution < -0.4 is 0 Å². The molecule has 0 spiro atoms. The zero-order valence-electron chi connectivity index (χ0n) is 10.5. The third kappa shape index (κ3) is 3.95. The average molecular weight is 297 g/mol. The zero-order valence-corrected chi connectivity index (χ0v) is 12.0. The largest absolute Gasteiger partial charge is 0.207 e. The minimum atomic E-state index is -0.238. The number of rotatable bonds is 5. The summed E-state index contributed by atoms with van der Waals surface area (Å²) in [5.41, 5.74) is 1.69. The molecule has 0 nitrogen and oxygen atoms in total. The van der Waals surface area contributed by atoms with Crippen molar-refractivity contribution in [3.8, 4) is 0 Å². The van der Waals surface area contributed by atoms with E-state index >= 15 is 0 Å². The van der Waals surface area contributed by atoms with Crippen molar-refractivity contribution in [2.75, 3.05) is 0 Å². The van der Waals surface area contributed by atoms with Crippen LogP contribution in [-0.2, 0) is 6.42 Å². The summed E-state index contributed by atoms with van der Waals surface area (Å²) in [6.07, 6.45) is 2.22. The molecule has 0 bridgehead atoms. The highest BCUT2D eigenvalue weighted by Gasteiger charge is 2.10. The second-order valence-electron chi connectivity index (χ2n) is 4.47. The van der Waals surface area contributed by atoms with Crippen molar-refractivity contribution in [2.45, 2.75) is 24.6 Å². The van der Waals surface area contributed by atoms with Crippen LogP contribution in [0.4, 0.5) is 4.39 Å². The Morgan fingerprint density at radius 2 is 1.74 bits per heavy atom. The predicted molar refractivity (Wildman–Crippen MR) is 79.4 cm³/mol. The Morgan fingerprint density at radius 1 is 1.00 bits per heavy atom. The molecule has 0 radical (unpaired) electrons. The molecule has 0 aliphatic carbocycles. The van der Waals surface area contributed by atoms with Gasteiger partial charge >= 0.3 is 0 Å². The quantitative estimate of drug-likeness (QED) is 0.613. The van der Waals surface area contributed by atoms with E-state index in [4.69, 9.17) is 23.2 Å². The zero-order chi connectivity index (χ0) is 13.7. The van der Waals surface area contributed by atoms with Crippen LogP contribution in [0.3, 0.4) is 0 Å². The van der Waals surface area contributed by atoms with Gasteiger partial charge in [0.05, 0.1) is 5.38 Å². The van der Waals surface area contributed by atoms with Crippen LogP contribution in [0.5, 0.6) is 0 Å². The Labute approximate surface area is 123 Å².